The summed E-state index contributed by atoms with van der Waals surface area (Å²) in [4.78, 5) is 60.0. The predicted octanol–water partition coefficient (Wildman–Crippen LogP) is 2.13. The number of carbonyl (C=O) groups excluding carboxylic acids is 4. The molecule has 1 aromatic rings. The molecule has 0 saturated carbocycles. The number of alkyl halides is 3. The van der Waals surface area contributed by atoms with E-state index in [0.717, 1.165) is 0 Å². The molecule has 9 nitrogen and oxygen atoms in total. The SMILES string of the molecule is CC(C)C(NC(CCC(=O)c1ccc(C(=O)NCC(=O)O)cc1)C(=O)[C@@H](N)C(C)C)C(=O)C(F)(F)F. The Morgan fingerprint density at radius 3 is 1.92 bits per heavy atom. The third-order valence-corrected chi connectivity index (χ3v) is 5.53. The highest BCUT2D eigenvalue weighted by Gasteiger charge is 2.45. The zero-order chi connectivity index (χ0) is 27.8. The highest BCUT2D eigenvalue weighted by Crippen LogP contribution is 2.22. The molecule has 0 aliphatic rings. The number of aliphatic carboxylic acids is 1. The zero-order valence-electron chi connectivity index (χ0n) is 20.5. The minimum absolute atomic E-state index is 0.121. The van der Waals surface area contributed by atoms with Crippen molar-refractivity contribution in [3.05, 3.63) is 35.4 Å². The number of carboxylic acid groups (broad SMARTS) is 1. The standard InChI is InChI=1S/C24H32F3N3O6/c1-12(2)19(28)21(34)16(30-20(13(3)4)22(35)24(25,26)27)9-10-17(31)14-5-7-15(8-6-14)23(36)29-11-18(32)33/h5-8,12-13,16,19-20,30H,9-11,28H2,1-4H3,(H,29,36)(H,32,33)/t16?,19-,20?/m0/s1. The smallest absolute Gasteiger partial charge is 0.451 e. The van der Waals surface area contributed by atoms with Crippen LogP contribution in [-0.4, -0.2) is 65.2 Å². The lowest BCUT2D eigenvalue weighted by Crippen LogP contribution is -2.56. The minimum Gasteiger partial charge on any atom is -0.480 e. The first-order valence-corrected chi connectivity index (χ1v) is 11.4. The second kappa shape index (κ2) is 13.3. The van der Waals surface area contributed by atoms with E-state index in [0.29, 0.717) is 0 Å². The average Bonchev–Trinajstić information content (AvgIpc) is 2.80. The van der Waals surface area contributed by atoms with Crippen molar-refractivity contribution in [3.8, 4) is 0 Å². The molecule has 36 heavy (non-hydrogen) atoms. The molecule has 1 amide bonds. The number of carbonyl (C=O) groups is 5. The van der Waals surface area contributed by atoms with Gasteiger partial charge in [0.2, 0.25) is 0 Å². The zero-order valence-corrected chi connectivity index (χ0v) is 20.5. The molecule has 200 valence electrons. The van der Waals surface area contributed by atoms with Gasteiger partial charge in [0.15, 0.2) is 11.6 Å². The Bertz CT molecular complexity index is 961. The maximum Gasteiger partial charge on any atom is 0.451 e. The minimum atomic E-state index is -5.11. The number of ketones is 3. The van der Waals surface area contributed by atoms with E-state index in [1.54, 1.807) is 13.8 Å². The summed E-state index contributed by atoms with van der Waals surface area (Å²) in [5, 5.41) is 13.3. The van der Waals surface area contributed by atoms with E-state index in [1.807, 2.05) is 0 Å². The molecule has 5 N–H and O–H groups in total. The van der Waals surface area contributed by atoms with E-state index in [9.17, 15) is 37.1 Å². The van der Waals surface area contributed by atoms with Gasteiger partial charge in [0.1, 0.15) is 6.54 Å². The quantitative estimate of drug-likeness (QED) is 0.275. The van der Waals surface area contributed by atoms with Crippen molar-refractivity contribution >= 4 is 29.2 Å². The fourth-order valence-corrected chi connectivity index (χ4v) is 3.32. The molecule has 0 bridgehead atoms. The van der Waals surface area contributed by atoms with Crippen LogP contribution in [0.3, 0.4) is 0 Å². The fourth-order valence-electron chi connectivity index (χ4n) is 3.32. The van der Waals surface area contributed by atoms with E-state index in [4.69, 9.17) is 10.8 Å². The van der Waals surface area contributed by atoms with E-state index >= 15 is 0 Å². The number of halogens is 3. The summed E-state index contributed by atoms with van der Waals surface area (Å²) < 4.78 is 39.3. The van der Waals surface area contributed by atoms with Crippen LogP contribution >= 0.6 is 0 Å². The predicted molar refractivity (Wildman–Crippen MR) is 124 cm³/mol. The van der Waals surface area contributed by atoms with Gasteiger partial charge in [-0.25, -0.2) is 0 Å². The van der Waals surface area contributed by atoms with Gasteiger partial charge in [-0.15, -0.1) is 0 Å². The molecule has 2 unspecified atom stereocenters. The van der Waals surface area contributed by atoms with Gasteiger partial charge in [0.05, 0.1) is 18.1 Å². The van der Waals surface area contributed by atoms with Crippen LogP contribution in [-0.2, 0) is 14.4 Å². The van der Waals surface area contributed by atoms with Crippen LogP contribution < -0.4 is 16.4 Å². The average molecular weight is 516 g/mol. The van der Waals surface area contributed by atoms with E-state index in [-0.39, 0.29) is 29.9 Å². The number of benzene rings is 1. The second-order valence-electron chi connectivity index (χ2n) is 9.09. The van der Waals surface area contributed by atoms with Gasteiger partial charge in [-0.1, -0.05) is 39.8 Å². The molecule has 12 heteroatoms. The summed E-state index contributed by atoms with van der Waals surface area (Å²) in [5.74, 6) is -6.06. The van der Waals surface area contributed by atoms with Gasteiger partial charge in [0.25, 0.3) is 11.7 Å². The molecule has 0 heterocycles. The van der Waals surface area contributed by atoms with Crippen molar-refractivity contribution in [2.45, 2.75) is 64.8 Å². The van der Waals surface area contributed by atoms with Crippen molar-refractivity contribution in [2.24, 2.45) is 17.6 Å². The highest BCUT2D eigenvalue weighted by molar-refractivity contribution is 6.00. The molecule has 0 fully saturated rings. The number of amides is 1. The molecule has 1 rings (SSSR count). The van der Waals surface area contributed by atoms with Gasteiger partial charge in [-0.2, -0.15) is 13.2 Å². The van der Waals surface area contributed by atoms with Crippen LogP contribution in [0.4, 0.5) is 13.2 Å². The van der Waals surface area contributed by atoms with Crippen molar-refractivity contribution < 1.29 is 42.3 Å². The van der Waals surface area contributed by atoms with Crippen molar-refractivity contribution in [1.82, 2.24) is 10.6 Å². The van der Waals surface area contributed by atoms with Gasteiger partial charge >= 0.3 is 12.1 Å². The molecule has 0 aromatic heterocycles. The van der Waals surface area contributed by atoms with Crippen LogP contribution in [0.15, 0.2) is 24.3 Å². The molecule has 0 saturated heterocycles. The third kappa shape index (κ3) is 9.15. The number of hydrogen-bond donors (Lipinski definition) is 4. The Labute approximate surface area is 207 Å². The second-order valence-corrected chi connectivity index (χ2v) is 9.09. The lowest BCUT2D eigenvalue weighted by atomic mass is 9.90. The first kappa shape index (κ1) is 30.9. The molecule has 3 atom stereocenters. The van der Waals surface area contributed by atoms with E-state index in [1.165, 1.54) is 38.1 Å². The summed E-state index contributed by atoms with van der Waals surface area (Å²) in [7, 11) is 0. The molecule has 0 radical (unpaired) electrons. The normalized spacial score (nSPS) is 14.3. The lowest BCUT2D eigenvalue weighted by Gasteiger charge is -2.29. The Hall–Kier alpha value is -3.12. The van der Waals surface area contributed by atoms with Crippen LogP contribution in [0.1, 0.15) is 61.3 Å². The number of nitrogens with one attached hydrogen (secondary N) is 2. The van der Waals surface area contributed by atoms with Crippen molar-refractivity contribution in [1.29, 1.82) is 0 Å². The maximum absolute atomic E-state index is 13.1. The van der Waals surface area contributed by atoms with E-state index < -0.39 is 66.0 Å². The monoisotopic (exact) mass is 515 g/mol. The number of Topliss-reactive ketones (excluding diaryl/α,β-unsaturated/α-hetero) is 3. The number of carboxylic acids is 1. The first-order valence-electron chi connectivity index (χ1n) is 11.4. The Morgan fingerprint density at radius 1 is 0.944 bits per heavy atom. The van der Waals surface area contributed by atoms with Gasteiger partial charge in [-0.3, -0.25) is 29.3 Å². The summed E-state index contributed by atoms with van der Waals surface area (Å²) in [5.41, 5.74) is 6.22. The molecular formula is C24H32F3N3O6. The summed E-state index contributed by atoms with van der Waals surface area (Å²) in [6.07, 6.45) is -5.55. The van der Waals surface area contributed by atoms with Gasteiger partial charge in [-0.05, 0) is 30.4 Å². The Kier molecular flexibility index (Phi) is 11.4. The van der Waals surface area contributed by atoms with Crippen molar-refractivity contribution in [2.75, 3.05) is 6.54 Å². The van der Waals surface area contributed by atoms with E-state index in [2.05, 4.69) is 10.6 Å². The van der Waals surface area contributed by atoms with Crippen LogP contribution in [0, 0.1) is 11.8 Å². The highest BCUT2D eigenvalue weighted by atomic mass is 19.4. The largest absolute Gasteiger partial charge is 0.480 e. The Morgan fingerprint density at radius 2 is 1.47 bits per heavy atom. The molecule has 0 aliphatic carbocycles. The molecule has 0 spiro atoms. The Balaban J connectivity index is 3.03. The van der Waals surface area contributed by atoms with Crippen molar-refractivity contribution in [3.63, 3.8) is 0 Å². The van der Waals surface area contributed by atoms with Crippen LogP contribution in [0.25, 0.3) is 0 Å². The third-order valence-electron chi connectivity index (χ3n) is 5.53. The molecule has 0 aliphatic heterocycles. The maximum atomic E-state index is 13.1. The topological polar surface area (TPSA) is 156 Å². The van der Waals surface area contributed by atoms with Crippen LogP contribution in [0.5, 0.6) is 0 Å². The number of nitrogens with two attached hydrogens (primary N) is 1. The molecule has 1 aromatic carbocycles. The number of hydrogen-bond acceptors (Lipinski definition) is 7. The first-order chi connectivity index (χ1) is 16.6. The lowest BCUT2D eigenvalue weighted by molar-refractivity contribution is -0.174. The number of rotatable bonds is 14. The summed E-state index contributed by atoms with van der Waals surface area (Å²) in [6.45, 7) is 5.57. The molecular weight excluding hydrogens is 483 g/mol. The fraction of sp³-hybridized carbons (Fsp3) is 0.542. The van der Waals surface area contributed by atoms with Gasteiger partial charge in [0, 0.05) is 17.5 Å². The van der Waals surface area contributed by atoms with Gasteiger partial charge < -0.3 is 16.2 Å². The summed E-state index contributed by atoms with van der Waals surface area (Å²) >= 11 is 0. The van der Waals surface area contributed by atoms with Crippen LogP contribution in [0.2, 0.25) is 0 Å². The summed E-state index contributed by atoms with van der Waals surface area (Å²) in [6, 6.07) is 1.32.